The lowest BCUT2D eigenvalue weighted by atomic mass is 10.0. The van der Waals surface area contributed by atoms with Gasteiger partial charge in [-0.2, -0.15) is 0 Å². The molecule has 3 heteroatoms. The first-order valence-electron chi connectivity index (χ1n) is 9.14. The molecule has 0 spiro atoms. The molecule has 0 aliphatic heterocycles. The Balaban J connectivity index is 2.20. The fourth-order valence-electron chi connectivity index (χ4n) is 3.09. The number of esters is 1. The molecule has 0 bridgehead atoms. The van der Waals surface area contributed by atoms with Crippen molar-refractivity contribution in [3.05, 3.63) is 71.8 Å². The van der Waals surface area contributed by atoms with Crippen LogP contribution < -0.4 is 0 Å². The van der Waals surface area contributed by atoms with Crippen LogP contribution in [0.1, 0.15) is 43.7 Å². The van der Waals surface area contributed by atoms with Crippen molar-refractivity contribution in [3.63, 3.8) is 0 Å². The normalized spacial score (nSPS) is 12.1. The van der Waals surface area contributed by atoms with Crippen LogP contribution in [-0.4, -0.2) is 24.0 Å². The van der Waals surface area contributed by atoms with Gasteiger partial charge in [0.25, 0.3) is 0 Å². The van der Waals surface area contributed by atoms with Crippen molar-refractivity contribution in [2.75, 3.05) is 7.11 Å². The van der Waals surface area contributed by atoms with Gasteiger partial charge in [-0.1, -0.05) is 86.8 Å². The van der Waals surface area contributed by atoms with Crippen LogP contribution in [0.4, 0.5) is 0 Å². The molecule has 0 N–H and O–H groups in total. The molecule has 0 fully saturated rings. The van der Waals surface area contributed by atoms with E-state index in [1.807, 2.05) is 36.4 Å². The Morgan fingerprint density at radius 2 is 1.44 bits per heavy atom. The Morgan fingerprint density at radius 3 is 1.88 bits per heavy atom. The number of ether oxygens (including phenoxy) is 1. The minimum absolute atomic E-state index is 0.136. The minimum Gasteiger partial charge on any atom is -0.468 e. The molecule has 0 aromatic heterocycles. The fraction of sp³-hybridized carbons (Fsp3) is 0.409. The average molecular weight is 339 g/mol. The van der Waals surface area contributed by atoms with Crippen LogP contribution in [0.15, 0.2) is 60.7 Å². The molecule has 2 aromatic carbocycles. The van der Waals surface area contributed by atoms with Gasteiger partial charge < -0.3 is 4.74 Å². The summed E-state index contributed by atoms with van der Waals surface area (Å²) < 4.78 is 5.12. The van der Waals surface area contributed by atoms with Gasteiger partial charge in [0, 0.05) is 13.1 Å². The maximum atomic E-state index is 12.5. The van der Waals surface area contributed by atoms with Crippen LogP contribution in [0.25, 0.3) is 0 Å². The third-order valence-electron chi connectivity index (χ3n) is 4.45. The van der Waals surface area contributed by atoms with Crippen LogP contribution in [-0.2, 0) is 22.6 Å². The summed E-state index contributed by atoms with van der Waals surface area (Å²) in [4.78, 5) is 14.7. The van der Waals surface area contributed by atoms with Gasteiger partial charge in [-0.3, -0.25) is 9.69 Å². The zero-order chi connectivity index (χ0) is 17.9. The first-order valence-corrected chi connectivity index (χ1v) is 9.14. The van der Waals surface area contributed by atoms with E-state index >= 15 is 0 Å². The summed E-state index contributed by atoms with van der Waals surface area (Å²) in [6.45, 7) is 3.65. The highest BCUT2D eigenvalue weighted by Gasteiger charge is 2.26. The number of rotatable bonds is 10. The van der Waals surface area contributed by atoms with E-state index in [1.165, 1.54) is 18.2 Å². The maximum absolute atomic E-state index is 12.5. The Labute approximate surface area is 151 Å². The van der Waals surface area contributed by atoms with Crippen LogP contribution in [0.5, 0.6) is 0 Å². The van der Waals surface area contributed by atoms with Crippen molar-refractivity contribution >= 4 is 5.97 Å². The molecule has 1 atom stereocenters. The Hall–Kier alpha value is -2.13. The van der Waals surface area contributed by atoms with Gasteiger partial charge in [0.05, 0.1) is 7.11 Å². The lowest BCUT2D eigenvalue weighted by molar-refractivity contribution is -0.148. The lowest BCUT2D eigenvalue weighted by Gasteiger charge is -2.30. The molecule has 0 radical (unpaired) electrons. The smallest absolute Gasteiger partial charge is 0.323 e. The molecule has 134 valence electrons. The summed E-state index contributed by atoms with van der Waals surface area (Å²) in [5, 5.41) is 0. The molecule has 25 heavy (non-hydrogen) atoms. The number of carbonyl (C=O) groups is 1. The number of benzene rings is 2. The van der Waals surface area contributed by atoms with Crippen LogP contribution in [0.2, 0.25) is 0 Å². The standard InChI is InChI=1S/C22H29NO2/c1-3-4-7-16-21(22(24)25-2)23(17-19-12-8-5-9-13-19)18-20-14-10-6-11-15-20/h5-6,8-15,21H,3-4,7,16-18H2,1-2H3. The van der Waals surface area contributed by atoms with Crippen molar-refractivity contribution in [3.8, 4) is 0 Å². The molecule has 2 aromatic rings. The summed E-state index contributed by atoms with van der Waals surface area (Å²) in [5.74, 6) is -0.136. The fourth-order valence-corrected chi connectivity index (χ4v) is 3.09. The first-order chi connectivity index (χ1) is 12.2. The third kappa shape index (κ3) is 6.35. The van der Waals surface area contributed by atoms with E-state index in [9.17, 15) is 4.79 Å². The molecule has 0 heterocycles. The summed E-state index contributed by atoms with van der Waals surface area (Å²) in [7, 11) is 1.48. The van der Waals surface area contributed by atoms with Crippen molar-refractivity contribution in [2.45, 2.75) is 51.7 Å². The SMILES string of the molecule is CCCCCC(C(=O)OC)N(Cc1ccccc1)Cc1ccccc1. The number of hydrogen-bond donors (Lipinski definition) is 0. The van der Waals surface area contributed by atoms with Gasteiger partial charge in [0.2, 0.25) is 0 Å². The largest absolute Gasteiger partial charge is 0.468 e. The van der Waals surface area contributed by atoms with Gasteiger partial charge in [-0.15, -0.1) is 0 Å². The van der Waals surface area contributed by atoms with Crippen LogP contribution in [0.3, 0.4) is 0 Å². The van der Waals surface area contributed by atoms with E-state index in [-0.39, 0.29) is 12.0 Å². The molecule has 0 saturated heterocycles. The van der Waals surface area contributed by atoms with E-state index in [0.29, 0.717) is 0 Å². The van der Waals surface area contributed by atoms with Gasteiger partial charge >= 0.3 is 5.97 Å². The molecule has 0 saturated carbocycles. The Morgan fingerprint density at radius 1 is 0.920 bits per heavy atom. The molecule has 0 aliphatic rings. The summed E-state index contributed by atoms with van der Waals surface area (Å²) in [5.41, 5.74) is 2.42. The maximum Gasteiger partial charge on any atom is 0.323 e. The van der Waals surface area contributed by atoms with E-state index < -0.39 is 0 Å². The summed E-state index contributed by atoms with van der Waals surface area (Å²) >= 11 is 0. The van der Waals surface area contributed by atoms with Crippen molar-refractivity contribution in [1.82, 2.24) is 4.90 Å². The quantitative estimate of drug-likeness (QED) is 0.459. The predicted octanol–water partition coefficient (Wildman–Crippen LogP) is 4.81. The highest BCUT2D eigenvalue weighted by Crippen LogP contribution is 2.19. The van der Waals surface area contributed by atoms with Crippen molar-refractivity contribution in [1.29, 1.82) is 0 Å². The van der Waals surface area contributed by atoms with Crippen molar-refractivity contribution in [2.24, 2.45) is 0 Å². The zero-order valence-electron chi connectivity index (χ0n) is 15.4. The lowest BCUT2D eigenvalue weighted by Crippen LogP contribution is -2.41. The van der Waals surface area contributed by atoms with E-state index in [0.717, 1.165) is 38.8 Å². The average Bonchev–Trinajstić information content (AvgIpc) is 2.66. The summed E-state index contributed by atoms with van der Waals surface area (Å²) in [6.07, 6.45) is 4.15. The van der Waals surface area contributed by atoms with Crippen molar-refractivity contribution < 1.29 is 9.53 Å². The summed E-state index contributed by atoms with van der Waals surface area (Å²) in [6, 6.07) is 20.4. The van der Waals surface area contributed by atoms with Gasteiger partial charge in [0.1, 0.15) is 6.04 Å². The first kappa shape index (κ1) is 19.2. The highest BCUT2D eigenvalue weighted by atomic mass is 16.5. The second-order valence-electron chi connectivity index (χ2n) is 6.41. The third-order valence-corrected chi connectivity index (χ3v) is 4.45. The predicted molar refractivity (Wildman–Crippen MR) is 102 cm³/mol. The topological polar surface area (TPSA) is 29.5 Å². The number of methoxy groups -OCH3 is 1. The molecular weight excluding hydrogens is 310 g/mol. The zero-order valence-corrected chi connectivity index (χ0v) is 15.4. The Kier molecular flexibility index (Phi) is 8.20. The number of nitrogens with zero attached hydrogens (tertiary/aromatic N) is 1. The van der Waals surface area contributed by atoms with Gasteiger partial charge in [-0.05, 0) is 17.5 Å². The number of carbonyl (C=O) groups excluding carboxylic acids is 1. The molecule has 2 rings (SSSR count). The highest BCUT2D eigenvalue weighted by molar-refractivity contribution is 5.75. The number of unbranched alkanes of at least 4 members (excludes halogenated alkanes) is 2. The second kappa shape index (κ2) is 10.7. The van der Waals surface area contributed by atoms with Gasteiger partial charge in [0.15, 0.2) is 0 Å². The number of hydrogen-bond acceptors (Lipinski definition) is 3. The van der Waals surface area contributed by atoms with Crippen LogP contribution >= 0.6 is 0 Å². The molecule has 1 unspecified atom stereocenters. The Bertz CT molecular complexity index is 571. The van der Waals surface area contributed by atoms with Gasteiger partial charge in [-0.25, -0.2) is 0 Å². The molecule has 0 amide bonds. The molecule has 0 aliphatic carbocycles. The van der Waals surface area contributed by atoms with E-state index in [1.54, 1.807) is 0 Å². The molecule has 3 nitrogen and oxygen atoms in total. The molecular formula is C22H29NO2. The minimum atomic E-state index is -0.211. The second-order valence-corrected chi connectivity index (χ2v) is 6.41. The van der Waals surface area contributed by atoms with E-state index in [2.05, 4.69) is 36.1 Å². The van der Waals surface area contributed by atoms with Crippen LogP contribution in [0, 0.1) is 0 Å². The van der Waals surface area contributed by atoms with E-state index in [4.69, 9.17) is 4.74 Å². The monoisotopic (exact) mass is 339 g/mol.